The molecule has 0 bridgehead atoms. The van der Waals surface area contributed by atoms with Crippen molar-refractivity contribution in [1.29, 1.82) is 0 Å². The van der Waals surface area contributed by atoms with E-state index in [-0.39, 0.29) is 15.9 Å². The van der Waals surface area contributed by atoms with E-state index in [0.29, 0.717) is 11.4 Å². The minimum Gasteiger partial charge on any atom is -0.282 e. The van der Waals surface area contributed by atoms with Crippen LogP contribution in [0.3, 0.4) is 0 Å². The van der Waals surface area contributed by atoms with Gasteiger partial charge >= 0.3 is 0 Å². The normalized spacial score (nSPS) is 11.0. The van der Waals surface area contributed by atoms with Crippen LogP contribution in [0, 0.1) is 0 Å². The number of hydrazine groups is 2. The molecule has 11 heteroatoms. The summed E-state index contributed by atoms with van der Waals surface area (Å²) in [5, 5.41) is 1.60. The third-order valence-corrected chi connectivity index (χ3v) is 4.35. The van der Waals surface area contributed by atoms with Crippen LogP contribution in [0.15, 0.2) is 66.1 Å². The zero-order valence-electron chi connectivity index (χ0n) is 13.1. The van der Waals surface area contributed by atoms with Crippen molar-refractivity contribution < 1.29 is 13.0 Å². The number of hydrogen-bond acceptors (Lipinski definition) is 8. The molecule has 0 spiro atoms. The summed E-state index contributed by atoms with van der Waals surface area (Å²) >= 11 is 6.14. The van der Waals surface area contributed by atoms with Crippen molar-refractivity contribution in [3.63, 3.8) is 0 Å². The van der Waals surface area contributed by atoms with E-state index in [2.05, 4.69) is 25.8 Å². The van der Waals surface area contributed by atoms with E-state index >= 15 is 0 Å². The number of hydrogen-bond donors (Lipinski definition) is 3. The third-order valence-electron chi connectivity index (χ3n) is 3.19. The smallest absolute Gasteiger partial charge is 0.282 e. The number of benzene rings is 2. The van der Waals surface area contributed by atoms with Crippen LogP contribution in [0.25, 0.3) is 0 Å². The Morgan fingerprint density at radius 3 is 2.31 bits per heavy atom. The molecule has 0 saturated heterocycles. The van der Waals surface area contributed by atoms with Crippen LogP contribution in [-0.2, 0) is 10.1 Å². The number of nitrogens with zero attached hydrogens (tertiary/aromatic N) is 4. The third kappa shape index (κ3) is 4.36. The second kappa shape index (κ2) is 7.52. The van der Waals surface area contributed by atoms with Crippen molar-refractivity contribution in [2.45, 2.75) is 4.90 Å². The first kappa shape index (κ1) is 17.9. The Balaban J connectivity index is 1.91. The molecule has 0 amide bonds. The van der Waals surface area contributed by atoms with Gasteiger partial charge in [0.25, 0.3) is 10.1 Å². The predicted molar refractivity (Wildman–Crippen MR) is 97.3 cm³/mol. The van der Waals surface area contributed by atoms with Gasteiger partial charge in [0.2, 0.25) is 5.95 Å². The summed E-state index contributed by atoms with van der Waals surface area (Å²) < 4.78 is 31.5. The fraction of sp³-hybridized carbons (Fsp3) is 0. The quantitative estimate of drug-likeness (QED) is 0.429. The van der Waals surface area contributed by atoms with E-state index in [4.69, 9.17) is 16.2 Å². The highest BCUT2D eigenvalue weighted by molar-refractivity contribution is 7.85. The lowest BCUT2D eigenvalue weighted by molar-refractivity contribution is 0.483. The number of anilines is 3. The van der Waals surface area contributed by atoms with Crippen LogP contribution < -0.4 is 16.0 Å². The van der Waals surface area contributed by atoms with Crippen molar-refractivity contribution in [2.24, 2.45) is 0 Å². The van der Waals surface area contributed by atoms with Gasteiger partial charge in [-0.25, -0.2) is 10.4 Å². The summed E-state index contributed by atoms with van der Waals surface area (Å²) in [6, 6.07) is 13.0. The Bertz CT molecular complexity index is 989. The van der Waals surface area contributed by atoms with Crippen LogP contribution in [0.2, 0.25) is 5.02 Å². The molecule has 9 nitrogen and oxygen atoms in total. The van der Waals surface area contributed by atoms with Gasteiger partial charge in [-0.05, 0) is 30.3 Å². The molecule has 3 N–H and O–H groups in total. The molecule has 1 heterocycles. The fourth-order valence-corrected chi connectivity index (χ4v) is 2.79. The minimum absolute atomic E-state index is 0.0958. The largest absolute Gasteiger partial charge is 0.294 e. The van der Waals surface area contributed by atoms with Gasteiger partial charge in [-0.15, -0.1) is 0 Å². The molecular weight excluding hydrogens is 380 g/mol. The molecule has 0 fully saturated rings. The molecule has 1 aromatic heterocycles. The highest BCUT2D eigenvalue weighted by atomic mass is 35.5. The van der Waals surface area contributed by atoms with Gasteiger partial charge in [-0.3, -0.25) is 9.98 Å². The Labute approximate surface area is 154 Å². The molecule has 134 valence electrons. The van der Waals surface area contributed by atoms with Gasteiger partial charge in [0.15, 0.2) is 0 Å². The summed E-state index contributed by atoms with van der Waals surface area (Å²) in [6.45, 7) is 0. The molecule has 3 aromatic rings. The molecule has 0 atom stereocenters. The van der Waals surface area contributed by atoms with E-state index < -0.39 is 10.1 Å². The maximum Gasteiger partial charge on any atom is 0.294 e. The Kier molecular flexibility index (Phi) is 5.16. The predicted octanol–water partition coefficient (Wildman–Crippen LogP) is 2.63. The minimum atomic E-state index is -4.34. The van der Waals surface area contributed by atoms with Crippen LogP contribution in [0.1, 0.15) is 0 Å². The van der Waals surface area contributed by atoms with E-state index in [1.54, 1.807) is 0 Å². The summed E-state index contributed by atoms with van der Waals surface area (Å²) in [5.41, 5.74) is 7.06. The van der Waals surface area contributed by atoms with E-state index in [0.717, 1.165) is 6.07 Å². The van der Waals surface area contributed by atoms with Crippen LogP contribution in [0.4, 0.5) is 17.3 Å². The lowest BCUT2D eigenvalue weighted by atomic mass is 10.3. The van der Waals surface area contributed by atoms with E-state index in [1.807, 2.05) is 30.3 Å². The highest BCUT2D eigenvalue weighted by Crippen LogP contribution is 2.27. The Hall–Kier alpha value is -2.95. The average molecular weight is 393 g/mol. The second-order valence-electron chi connectivity index (χ2n) is 4.97. The van der Waals surface area contributed by atoms with Crippen LogP contribution >= 0.6 is 11.6 Å². The topological polar surface area (TPSA) is 120 Å². The molecule has 0 aliphatic carbocycles. The maximum atomic E-state index is 11.2. The van der Waals surface area contributed by atoms with Crippen molar-refractivity contribution in [2.75, 3.05) is 16.0 Å². The molecular formula is C15H13ClN6O3S. The molecule has 0 saturated carbocycles. The summed E-state index contributed by atoms with van der Waals surface area (Å²) in [4.78, 5) is 11.4. The summed E-state index contributed by atoms with van der Waals surface area (Å²) in [7, 11) is -4.34. The number of aromatic nitrogens is 3. The lowest BCUT2D eigenvalue weighted by Gasteiger charge is -2.27. The first-order chi connectivity index (χ1) is 12.4. The average Bonchev–Trinajstić information content (AvgIpc) is 2.63. The van der Waals surface area contributed by atoms with Gasteiger partial charge in [0.1, 0.15) is 12.7 Å². The number of rotatable bonds is 6. The van der Waals surface area contributed by atoms with Crippen molar-refractivity contribution in [3.8, 4) is 0 Å². The zero-order chi connectivity index (χ0) is 18.6. The molecule has 3 rings (SSSR count). The number of para-hydroxylation sites is 1. The molecule has 0 unspecified atom stereocenters. The van der Waals surface area contributed by atoms with Crippen LogP contribution in [-0.4, -0.2) is 27.9 Å². The van der Waals surface area contributed by atoms with Gasteiger partial charge in [0.05, 0.1) is 21.3 Å². The molecule has 0 radical (unpaired) electrons. The maximum absolute atomic E-state index is 11.2. The monoisotopic (exact) mass is 392 g/mol. The van der Waals surface area contributed by atoms with Gasteiger partial charge in [-0.1, -0.05) is 29.8 Å². The lowest BCUT2D eigenvalue weighted by Crippen LogP contribution is -2.36. The molecule has 26 heavy (non-hydrogen) atoms. The van der Waals surface area contributed by atoms with Crippen molar-refractivity contribution in [3.05, 3.63) is 66.2 Å². The Morgan fingerprint density at radius 1 is 1.00 bits per heavy atom. The van der Waals surface area contributed by atoms with E-state index in [9.17, 15) is 8.42 Å². The van der Waals surface area contributed by atoms with Crippen LogP contribution in [0.5, 0.6) is 0 Å². The number of nitrogens with one attached hydrogen (secondary N) is 2. The van der Waals surface area contributed by atoms with Gasteiger partial charge < -0.3 is 0 Å². The van der Waals surface area contributed by atoms with Gasteiger partial charge in [0, 0.05) is 0 Å². The Morgan fingerprint density at radius 2 is 1.69 bits per heavy atom. The standard InChI is InChI=1S/C15H13ClN6O3S/c16-13-8-12(26(23,24)25)6-7-14(13)20-22(11-4-2-1-3-5-11)21-15-18-9-17-10-19-15/h1-10,20H,(H,23,24,25)(H,17,18,19,21). The van der Waals surface area contributed by atoms with Gasteiger partial charge in [-0.2, -0.15) is 23.5 Å². The molecule has 0 aliphatic heterocycles. The zero-order valence-corrected chi connectivity index (χ0v) is 14.7. The fourth-order valence-electron chi connectivity index (χ4n) is 2.00. The second-order valence-corrected chi connectivity index (χ2v) is 6.80. The first-order valence-electron chi connectivity index (χ1n) is 7.21. The highest BCUT2D eigenvalue weighted by Gasteiger charge is 2.14. The van der Waals surface area contributed by atoms with Crippen molar-refractivity contribution in [1.82, 2.24) is 15.0 Å². The van der Waals surface area contributed by atoms with Crippen molar-refractivity contribution >= 4 is 39.0 Å². The summed E-state index contributed by atoms with van der Waals surface area (Å²) in [6.07, 6.45) is 2.68. The SMILES string of the molecule is O=S(=O)(O)c1ccc(NN(Nc2ncncn2)c2ccccc2)c(Cl)c1. The first-order valence-corrected chi connectivity index (χ1v) is 9.03. The van der Waals surface area contributed by atoms with E-state index in [1.165, 1.54) is 29.9 Å². The summed E-state index contributed by atoms with van der Waals surface area (Å²) in [5.74, 6) is 0.280. The molecule has 2 aromatic carbocycles. The number of halogens is 1. The molecule has 0 aliphatic rings.